The van der Waals surface area contributed by atoms with E-state index in [0.717, 1.165) is 0 Å². The van der Waals surface area contributed by atoms with Crippen molar-refractivity contribution in [1.29, 1.82) is 0 Å². The molecule has 0 unspecified atom stereocenters. The topological polar surface area (TPSA) is 119 Å². The molecule has 8 heteroatoms. The van der Waals surface area contributed by atoms with Gasteiger partial charge in [0.15, 0.2) is 0 Å². The number of carboxylic acid groups (broad SMARTS) is 1. The van der Waals surface area contributed by atoms with Crippen LogP contribution in [0, 0.1) is 5.92 Å². The number of carbonyl (C=O) groups is 2. The molecule has 23 heavy (non-hydrogen) atoms. The third kappa shape index (κ3) is 6.72. The lowest BCUT2D eigenvalue weighted by Crippen LogP contribution is -2.56. The number of alkyl carbamates (subject to hydrolysis) is 1. The summed E-state index contributed by atoms with van der Waals surface area (Å²) in [4.78, 5) is 24.3. The molecule has 1 aliphatic heterocycles. The number of rotatable bonds is 5. The molecule has 1 heterocycles. The standard InChI is InChI=1S/C15H28N2O6/c1-9-5-6-11(18)17(13(9)21)8-10(7-12(19)20)16-14(22)23-15(2,3)4/h9-11,13,18,21H,5-8H2,1-4H3,(H,16,22)(H,19,20)/t9-,10-,11-,13-/m0/s1. The summed E-state index contributed by atoms with van der Waals surface area (Å²) in [5, 5.41) is 31.7. The van der Waals surface area contributed by atoms with Crippen molar-refractivity contribution < 1.29 is 29.6 Å². The van der Waals surface area contributed by atoms with E-state index in [0.29, 0.717) is 12.8 Å². The van der Waals surface area contributed by atoms with E-state index in [1.54, 1.807) is 20.8 Å². The number of aliphatic hydroxyl groups excluding tert-OH is 2. The summed E-state index contributed by atoms with van der Waals surface area (Å²) in [6, 6.07) is -0.781. The monoisotopic (exact) mass is 332 g/mol. The molecular weight excluding hydrogens is 304 g/mol. The van der Waals surface area contributed by atoms with Crippen LogP contribution in [-0.2, 0) is 9.53 Å². The van der Waals surface area contributed by atoms with Crippen LogP contribution >= 0.6 is 0 Å². The lowest BCUT2D eigenvalue weighted by atomic mass is 9.96. The van der Waals surface area contributed by atoms with Gasteiger partial charge in [-0.05, 0) is 39.5 Å². The van der Waals surface area contributed by atoms with Crippen LogP contribution in [0.25, 0.3) is 0 Å². The minimum Gasteiger partial charge on any atom is -0.481 e. The van der Waals surface area contributed by atoms with E-state index in [9.17, 15) is 19.8 Å². The summed E-state index contributed by atoms with van der Waals surface area (Å²) in [6.45, 7) is 7.01. The number of hydrogen-bond donors (Lipinski definition) is 4. The fourth-order valence-corrected chi connectivity index (χ4v) is 2.56. The van der Waals surface area contributed by atoms with Gasteiger partial charge in [0.05, 0.1) is 12.5 Å². The normalized spacial score (nSPS) is 27.3. The first-order valence-corrected chi connectivity index (χ1v) is 7.83. The molecule has 0 aromatic rings. The van der Waals surface area contributed by atoms with E-state index < -0.39 is 36.2 Å². The van der Waals surface area contributed by atoms with E-state index in [4.69, 9.17) is 9.84 Å². The Hall–Kier alpha value is -1.38. The zero-order chi connectivity index (χ0) is 17.8. The number of ether oxygens (including phenoxy) is 1. The van der Waals surface area contributed by atoms with Crippen molar-refractivity contribution in [2.75, 3.05) is 6.54 Å². The Morgan fingerprint density at radius 1 is 1.30 bits per heavy atom. The molecule has 1 aliphatic rings. The summed E-state index contributed by atoms with van der Waals surface area (Å²) in [5.74, 6) is -1.12. The molecule has 1 saturated heterocycles. The predicted octanol–water partition coefficient (Wildman–Crippen LogP) is 0.723. The van der Waals surface area contributed by atoms with Gasteiger partial charge in [0.25, 0.3) is 0 Å². The van der Waals surface area contributed by atoms with Gasteiger partial charge in [-0.1, -0.05) is 6.92 Å². The van der Waals surface area contributed by atoms with E-state index in [2.05, 4.69) is 5.32 Å². The second-order valence-corrected chi connectivity index (χ2v) is 7.09. The Morgan fingerprint density at radius 2 is 1.91 bits per heavy atom. The molecule has 0 aromatic carbocycles. The van der Waals surface area contributed by atoms with Crippen LogP contribution in [0.1, 0.15) is 47.0 Å². The minimum atomic E-state index is -1.08. The Labute approximate surface area is 136 Å². The van der Waals surface area contributed by atoms with E-state index in [1.165, 1.54) is 4.90 Å². The number of carboxylic acids is 1. The van der Waals surface area contributed by atoms with Crippen molar-refractivity contribution in [1.82, 2.24) is 10.2 Å². The molecule has 0 aromatic heterocycles. The number of carbonyl (C=O) groups excluding carboxylic acids is 1. The van der Waals surface area contributed by atoms with Gasteiger partial charge in [-0.25, -0.2) is 4.79 Å². The van der Waals surface area contributed by atoms with Crippen LogP contribution < -0.4 is 5.32 Å². The van der Waals surface area contributed by atoms with E-state index in [1.807, 2.05) is 6.92 Å². The van der Waals surface area contributed by atoms with Gasteiger partial charge < -0.3 is 25.4 Å². The summed E-state index contributed by atoms with van der Waals surface area (Å²) < 4.78 is 5.13. The molecule has 0 spiro atoms. The number of amides is 1. The molecule has 4 N–H and O–H groups in total. The molecule has 0 saturated carbocycles. The molecule has 1 fully saturated rings. The SMILES string of the molecule is C[C@H]1CC[C@H](O)N(C[C@H](CC(=O)O)NC(=O)OC(C)(C)C)[C@H]1O. The summed E-state index contributed by atoms with van der Waals surface area (Å²) in [7, 11) is 0. The number of nitrogens with one attached hydrogen (secondary N) is 1. The van der Waals surface area contributed by atoms with Crippen LogP contribution in [0.2, 0.25) is 0 Å². The lowest BCUT2D eigenvalue weighted by Gasteiger charge is -2.41. The highest BCUT2D eigenvalue weighted by Crippen LogP contribution is 2.25. The maximum atomic E-state index is 11.8. The number of hydrogen-bond acceptors (Lipinski definition) is 6. The Bertz CT molecular complexity index is 423. The van der Waals surface area contributed by atoms with Gasteiger partial charge >= 0.3 is 12.1 Å². The number of piperidine rings is 1. The maximum absolute atomic E-state index is 11.8. The second kappa shape index (κ2) is 7.94. The van der Waals surface area contributed by atoms with Crippen LogP contribution in [0.5, 0.6) is 0 Å². The highest BCUT2D eigenvalue weighted by Gasteiger charge is 2.35. The van der Waals surface area contributed by atoms with Gasteiger partial charge in [-0.15, -0.1) is 0 Å². The van der Waals surface area contributed by atoms with Crippen LogP contribution in [0.3, 0.4) is 0 Å². The molecule has 0 bridgehead atoms. The van der Waals surface area contributed by atoms with E-state index in [-0.39, 0.29) is 18.9 Å². The molecule has 0 radical (unpaired) electrons. The Morgan fingerprint density at radius 3 is 2.43 bits per heavy atom. The summed E-state index contributed by atoms with van der Waals surface area (Å²) in [5.41, 5.74) is -0.698. The third-order valence-corrected chi connectivity index (χ3v) is 3.68. The van der Waals surface area contributed by atoms with Gasteiger partial charge in [0, 0.05) is 6.54 Å². The predicted molar refractivity (Wildman–Crippen MR) is 82.5 cm³/mol. The number of aliphatic carboxylic acids is 1. The quantitative estimate of drug-likeness (QED) is 0.586. The van der Waals surface area contributed by atoms with Gasteiger partial charge in [0.2, 0.25) is 0 Å². The first-order valence-electron chi connectivity index (χ1n) is 7.83. The van der Waals surface area contributed by atoms with Gasteiger partial charge in [-0.2, -0.15) is 0 Å². The average molecular weight is 332 g/mol. The first-order chi connectivity index (χ1) is 10.5. The highest BCUT2D eigenvalue weighted by atomic mass is 16.6. The van der Waals surface area contributed by atoms with Crippen molar-refractivity contribution in [3.63, 3.8) is 0 Å². The highest BCUT2D eigenvalue weighted by molar-refractivity contribution is 5.71. The van der Waals surface area contributed by atoms with Gasteiger partial charge in [-0.3, -0.25) is 9.69 Å². The molecule has 134 valence electrons. The molecule has 1 rings (SSSR count). The van der Waals surface area contributed by atoms with Gasteiger partial charge in [0.1, 0.15) is 18.1 Å². The summed E-state index contributed by atoms with van der Waals surface area (Å²) in [6.07, 6.45) is -1.62. The van der Waals surface area contributed by atoms with Crippen molar-refractivity contribution in [3.05, 3.63) is 0 Å². The number of nitrogens with zero attached hydrogens (tertiary/aromatic N) is 1. The second-order valence-electron chi connectivity index (χ2n) is 7.09. The van der Waals surface area contributed by atoms with Crippen molar-refractivity contribution in [2.45, 2.75) is 71.1 Å². The van der Waals surface area contributed by atoms with Crippen LogP contribution in [0.4, 0.5) is 4.79 Å². The smallest absolute Gasteiger partial charge is 0.407 e. The minimum absolute atomic E-state index is 0.0260. The maximum Gasteiger partial charge on any atom is 0.407 e. The zero-order valence-electron chi connectivity index (χ0n) is 14.2. The molecule has 1 amide bonds. The largest absolute Gasteiger partial charge is 0.481 e. The lowest BCUT2D eigenvalue weighted by molar-refractivity contribution is -0.158. The first kappa shape index (κ1) is 19.7. The van der Waals surface area contributed by atoms with Crippen LogP contribution in [0.15, 0.2) is 0 Å². The molecule has 4 atom stereocenters. The molecular formula is C15H28N2O6. The van der Waals surface area contributed by atoms with Crippen molar-refractivity contribution in [3.8, 4) is 0 Å². The Balaban J connectivity index is 2.73. The fourth-order valence-electron chi connectivity index (χ4n) is 2.56. The van der Waals surface area contributed by atoms with Crippen molar-refractivity contribution in [2.24, 2.45) is 5.92 Å². The van der Waals surface area contributed by atoms with Crippen molar-refractivity contribution >= 4 is 12.1 Å². The number of aliphatic hydroxyl groups is 2. The van der Waals surface area contributed by atoms with Crippen LogP contribution in [-0.4, -0.2) is 62.9 Å². The zero-order valence-corrected chi connectivity index (χ0v) is 14.2. The third-order valence-electron chi connectivity index (χ3n) is 3.68. The van der Waals surface area contributed by atoms with E-state index >= 15 is 0 Å². The molecule has 8 nitrogen and oxygen atoms in total. The fraction of sp³-hybridized carbons (Fsp3) is 0.867. The summed E-state index contributed by atoms with van der Waals surface area (Å²) >= 11 is 0. The average Bonchev–Trinajstić information content (AvgIpc) is 2.36. The Kier molecular flexibility index (Phi) is 6.79. The number of likely N-dealkylation sites (tertiary alicyclic amines) is 1. The molecule has 0 aliphatic carbocycles.